The Balaban J connectivity index is 1.97. The lowest BCUT2D eigenvalue weighted by Gasteiger charge is -2.06. The van der Waals surface area contributed by atoms with Gasteiger partial charge in [-0.25, -0.2) is 0 Å². The average Bonchev–Trinajstić information content (AvgIpc) is 2.42. The van der Waals surface area contributed by atoms with Crippen molar-refractivity contribution in [1.29, 1.82) is 0 Å². The van der Waals surface area contributed by atoms with Crippen molar-refractivity contribution in [3.05, 3.63) is 59.7 Å². The third kappa shape index (κ3) is 3.68. The van der Waals surface area contributed by atoms with Gasteiger partial charge in [0.05, 0.1) is 6.42 Å². The minimum absolute atomic E-state index is 0.00744. The SMILES string of the molecule is CC(=O)c1ccc(NC(=O)Cc2ccc(O)cc2)cc1. The van der Waals surface area contributed by atoms with Crippen LogP contribution in [0.2, 0.25) is 0 Å². The summed E-state index contributed by atoms with van der Waals surface area (Å²) >= 11 is 0. The zero-order valence-electron chi connectivity index (χ0n) is 11.1. The molecule has 0 heterocycles. The van der Waals surface area contributed by atoms with Crippen molar-refractivity contribution < 1.29 is 14.7 Å². The first kappa shape index (κ1) is 13.8. The normalized spacial score (nSPS) is 10.1. The summed E-state index contributed by atoms with van der Waals surface area (Å²) in [5.41, 5.74) is 2.08. The van der Waals surface area contributed by atoms with Gasteiger partial charge in [0.15, 0.2) is 5.78 Å². The molecule has 0 unspecified atom stereocenters. The summed E-state index contributed by atoms with van der Waals surface area (Å²) in [6.45, 7) is 1.50. The molecule has 0 spiro atoms. The van der Waals surface area contributed by atoms with Crippen LogP contribution in [0.3, 0.4) is 0 Å². The van der Waals surface area contributed by atoms with Gasteiger partial charge in [-0.15, -0.1) is 0 Å². The van der Waals surface area contributed by atoms with Crippen LogP contribution in [0.4, 0.5) is 5.69 Å². The van der Waals surface area contributed by atoms with Crippen LogP contribution in [0.1, 0.15) is 22.8 Å². The largest absolute Gasteiger partial charge is 0.508 e. The molecule has 102 valence electrons. The van der Waals surface area contributed by atoms with E-state index in [0.717, 1.165) is 5.56 Å². The summed E-state index contributed by atoms with van der Waals surface area (Å²) in [5.74, 6) is 0.0206. The average molecular weight is 269 g/mol. The monoisotopic (exact) mass is 269 g/mol. The lowest BCUT2D eigenvalue weighted by molar-refractivity contribution is -0.115. The lowest BCUT2D eigenvalue weighted by Crippen LogP contribution is -2.14. The molecule has 0 aliphatic heterocycles. The molecule has 0 radical (unpaired) electrons. The third-order valence-corrected chi connectivity index (χ3v) is 2.88. The fourth-order valence-corrected chi connectivity index (χ4v) is 1.79. The highest BCUT2D eigenvalue weighted by molar-refractivity contribution is 5.96. The standard InChI is InChI=1S/C16H15NO3/c1-11(18)13-4-6-14(7-5-13)17-16(20)10-12-2-8-15(19)9-3-12/h2-9,19H,10H2,1H3,(H,17,20). The van der Waals surface area contributed by atoms with Gasteiger partial charge in [-0.05, 0) is 48.9 Å². The predicted octanol–water partition coefficient (Wildman–Crippen LogP) is 2.78. The number of ketones is 1. The highest BCUT2D eigenvalue weighted by Crippen LogP contribution is 2.13. The number of hydrogen-bond acceptors (Lipinski definition) is 3. The van der Waals surface area contributed by atoms with Crippen molar-refractivity contribution in [2.45, 2.75) is 13.3 Å². The minimum atomic E-state index is -0.147. The number of amides is 1. The molecule has 1 amide bonds. The minimum Gasteiger partial charge on any atom is -0.508 e. The molecule has 4 heteroatoms. The maximum absolute atomic E-state index is 11.8. The van der Waals surface area contributed by atoms with Crippen LogP contribution in [-0.2, 0) is 11.2 Å². The zero-order valence-corrected chi connectivity index (χ0v) is 11.1. The molecular weight excluding hydrogens is 254 g/mol. The first-order valence-electron chi connectivity index (χ1n) is 6.23. The summed E-state index contributed by atoms with van der Waals surface area (Å²) < 4.78 is 0. The summed E-state index contributed by atoms with van der Waals surface area (Å²) in [5, 5.41) is 11.9. The van der Waals surface area contributed by atoms with E-state index in [-0.39, 0.29) is 23.9 Å². The Morgan fingerprint density at radius 3 is 2.15 bits per heavy atom. The van der Waals surface area contributed by atoms with Crippen LogP contribution < -0.4 is 5.32 Å². The molecule has 2 aromatic rings. The van der Waals surface area contributed by atoms with E-state index in [2.05, 4.69) is 5.32 Å². The molecular formula is C16H15NO3. The maximum atomic E-state index is 11.8. The topological polar surface area (TPSA) is 66.4 Å². The first-order valence-corrected chi connectivity index (χ1v) is 6.23. The molecule has 0 aliphatic carbocycles. The van der Waals surface area contributed by atoms with Crippen molar-refractivity contribution in [2.24, 2.45) is 0 Å². The number of benzene rings is 2. The first-order chi connectivity index (χ1) is 9.54. The highest BCUT2D eigenvalue weighted by atomic mass is 16.3. The van der Waals surface area contributed by atoms with Crippen LogP contribution in [-0.4, -0.2) is 16.8 Å². The van der Waals surface area contributed by atoms with Gasteiger partial charge in [-0.3, -0.25) is 9.59 Å². The maximum Gasteiger partial charge on any atom is 0.228 e. The fraction of sp³-hybridized carbons (Fsp3) is 0.125. The van der Waals surface area contributed by atoms with E-state index >= 15 is 0 Å². The molecule has 0 aliphatic rings. The molecule has 2 N–H and O–H groups in total. The van der Waals surface area contributed by atoms with Gasteiger partial charge < -0.3 is 10.4 Å². The Hall–Kier alpha value is -2.62. The van der Waals surface area contributed by atoms with Gasteiger partial charge in [-0.1, -0.05) is 12.1 Å². The van der Waals surface area contributed by atoms with Crippen LogP contribution in [0.25, 0.3) is 0 Å². The number of phenols is 1. The molecule has 2 rings (SSSR count). The number of aromatic hydroxyl groups is 1. The van der Waals surface area contributed by atoms with E-state index in [0.29, 0.717) is 11.3 Å². The fourth-order valence-electron chi connectivity index (χ4n) is 1.79. The smallest absolute Gasteiger partial charge is 0.228 e. The number of nitrogens with one attached hydrogen (secondary N) is 1. The number of anilines is 1. The van der Waals surface area contributed by atoms with Crippen molar-refractivity contribution >= 4 is 17.4 Å². The second-order valence-corrected chi connectivity index (χ2v) is 4.52. The number of rotatable bonds is 4. The molecule has 0 fully saturated rings. The molecule has 0 bridgehead atoms. The summed E-state index contributed by atoms with van der Waals surface area (Å²) in [6.07, 6.45) is 0.231. The third-order valence-electron chi connectivity index (χ3n) is 2.88. The molecule has 0 saturated heterocycles. The van der Waals surface area contributed by atoms with Gasteiger partial charge in [-0.2, -0.15) is 0 Å². The van der Waals surface area contributed by atoms with E-state index < -0.39 is 0 Å². The van der Waals surface area contributed by atoms with E-state index in [4.69, 9.17) is 5.11 Å². The molecule has 0 atom stereocenters. The number of hydrogen-bond donors (Lipinski definition) is 2. The zero-order chi connectivity index (χ0) is 14.5. The highest BCUT2D eigenvalue weighted by Gasteiger charge is 2.05. The number of Topliss-reactive ketones (excluding diaryl/α,β-unsaturated/α-hetero) is 1. The Morgan fingerprint density at radius 2 is 1.60 bits per heavy atom. The Kier molecular flexibility index (Phi) is 4.15. The number of carbonyl (C=O) groups is 2. The predicted molar refractivity (Wildman–Crippen MR) is 76.9 cm³/mol. The lowest BCUT2D eigenvalue weighted by atomic mass is 10.1. The Labute approximate surface area is 117 Å². The van der Waals surface area contributed by atoms with Gasteiger partial charge in [0.1, 0.15) is 5.75 Å². The quantitative estimate of drug-likeness (QED) is 0.839. The summed E-state index contributed by atoms with van der Waals surface area (Å²) in [4.78, 5) is 23.0. The molecule has 0 aromatic heterocycles. The summed E-state index contributed by atoms with van der Waals surface area (Å²) in [6, 6.07) is 13.3. The van der Waals surface area contributed by atoms with Crippen molar-refractivity contribution in [1.82, 2.24) is 0 Å². The van der Waals surface area contributed by atoms with E-state index in [9.17, 15) is 9.59 Å². The van der Waals surface area contributed by atoms with Crippen LogP contribution in [0.15, 0.2) is 48.5 Å². The van der Waals surface area contributed by atoms with Gasteiger partial charge in [0, 0.05) is 11.3 Å². The molecule has 4 nitrogen and oxygen atoms in total. The van der Waals surface area contributed by atoms with Crippen molar-refractivity contribution in [3.63, 3.8) is 0 Å². The number of phenolic OH excluding ortho intramolecular Hbond substituents is 1. The molecule has 0 saturated carbocycles. The van der Waals surface area contributed by atoms with Crippen LogP contribution in [0.5, 0.6) is 5.75 Å². The Bertz CT molecular complexity index is 615. The summed E-state index contributed by atoms with van der Waals surface area (Å²) in [7, 11) is 0. The van der Waals surface area contributed by atoms with Gasteiger partial charge in [0.2, 0.25) is 5.91 Å². The van der Waals surface area contributed by atoms with E-state index in [1.807, 2.05) is 0 Å². The van der Waals surface area contributed by atoms with Crippen molar-refractivity contribution in [3.8, 4) is 5.75 Å². The van der Waals surface area contributed by atoms with Crippen LogP contribution >= 0.6 is 0 Å². The van der Waals surface area contributed by atoms with E-state index in [1.54, 1.807) is 48.5 Å². The van der Waals surface area contributed by atoms with Gasteiger partial charge in [0.25, 0.3) is 0 Å². The second kappa shape index (κ2) is 6.02. The molecule has 2 aromatic carbocycles. The van der Waals surface area contributed by atoms with Crippen molar-refractivity contribution in [2.75, 3.05) is 5.32 Å². The van der Waals surface area contributed by atoms with Crippen LogP contribution in [0, 0.1) is 0 Å². The van der Waals surface area contributed by atoms with Gasteiger partial charge >= 0.3 is 0 Å². The van der Waals surface area contributed by atoms with E-state index in [1.165, 1.54) is 6.92 Å². The molecule has 20 heavy (non-hydrogen) atoms. The number of carbonyl (C=O) groups excluding carboxylic acids is 2. The second-order valence-electron chi connectivity index (χ2n) is 4.52. The Morgan fingerprint density at radius 1 is 1.00 bits per heavy atom.